The summed E-state index contributed by atoms with van der Waals surface area (Å²) in [5, 5.41) is 3.28. The summed E-state index contributed by atoms with van der Waals surface area (Å²) in [5.74, 6) is 0.424. The third-order valence-corrected chi connectivity index (χ3v) is 6.27. The third-order valence-electron chi connectivity index (χ3n) is 6.27. The fourth-order valence-electron chi connectivity index (χ4n) is 4.30. The van der Waals surface area contributed by atoms with E-state index in [1.165, 1.54) is 16.2 Å². The second kappa shape index (κ2) is 11.5. The first-order valence-corrected chi connectivity index (χ1v) is 12.1. The molecule has 8 heteroatoms. The van der Waals surface area contributed by atoms with Gasteiger partial charge >= 0.3 is 5.69 Å². The molecule has 0 bridgehead atoms. The number of rotatable bonds is 10. The maximum Gasteiger partial charge on any atom is 0.331 e. The molecule has 0 aliphatic carbocycles. The molecule has 0 atom stereocenters. The summed E-state index contributed by atoms with van der Waals surface area (Å²) in [6.45, 7) is 2.29. The number of carbonyl (C=O) groups is 2. The van der Waals surface area contributed by atoms with Crippen LogP contribution in [-0.4, -0.2) is 28.4 Å². The Kier molecular flexibility index (Phi) is 7.98. The van der Waals surface area contributed by atoms with E-state index in [1.54, 1.807) is 42.5 Å². The Balaban J connectivity index is 1.55. The van der Waals surface area contributed by atoms with E-state index in [1.807, 2.05) is 31.2 Å². The number of unbranched alkanes of at least 4 members (excludes halogenated alkanes) is 1. The second-order valence-electron chi connectivity index (χ2n) is 8.90. The van der Waals surface area contributed by atoms with Crippen molar-refractivity contribution >= 4 is 28.8 Å². The number of para-hydroxylation sites is 1. The van der Waals surface area contributed by atoms with Gasteiger partial charge in [0.25, 0.3) is 5.56 Å². The lowest BCUT2D eigenvalue weighted by atomic mass is 10.1. The number of aldehydes is 1. The van der Waals surface area contributed by atoms with Gasteiger partial charge in [-0.3, -0.25) is 23.5 Å². The number of nitrogens with zero attached hydrogens (tertiary/aromatic N) is 2. The molecule has 1 N–H and O–H groups in total. The molecule has 0 saturated heterocycles. The number of hydrogen-bond donors (Lipinski definition) is 1. The zero-order valence-electron chi connectivity index (χ0n) is 20.9. The number of aryl methyl sites for hydroxylation is 1. The molecule has 0 aliphatic heterocycles. The van der Waals surface area contributed by atoms with Crippen LogP contribution in [0, 0.1) is 6.92 Å². The summed E-state index contributed by atoms with van der Waals surface area (Å²) in [5.41, 5.74) is 2.64. The smallest absolute Gasteiger partial charge is 0.331 e. The standard InChI is InChI=1S/C29H29N3O5/c1-20-10-13-23(14-11-20)30-27(34)9-5-6-16-31-28(35)24-7-3-4-8-25(24)32(29(31)36)18-22-17-21(19-33)12-15-26(22)37-2/h3-4,7-8,10-15,17,19H,5-6,9,16,18H2,1-2H3,(H,30,34). The van der Waals surface area contributed by atoms with Gasteiger partial charge in [-0.2, -0.15) is 0 Å². The van der Waals surface area contributed by atoms with Crippen molar-refractivity contribution in [1.29, 1.82) is 0 Å². The Bertz CT molecular complexity index is 1550. The van der Waals surface area contributed by atoms with Crippen molar-refractivity contribution in [3.05, 3.63) is 104 Å². The fraction of sp³-hybridized carbons (Fsp3) is 0.241. The van der Waals surface area contributed by atoms with E-state index in [-0.39, 0.29) is 31.0 Å². The number of methoxy groups -OCH3 is 1. The molecule has 0 unspecified atom stereocenters. The average Bonchev–Trinajstić information content (AvgIpc) is 2.91. The summed E-state index contributed by atoms with van der Waals surface area (Å²) >= 11 is 0. The van der Waals surface area contributed by atoms with Crippen molar-refractivity contribution in [3.8, 4) is 5.75 Å². The monoisotopic (exact) mass is 499 g/mol. The molecular formula is C29H29N3O5. The van der Waals surface area contributed by atoms with Gasteiger partial charge in [0.2, 0.25) is 5.91 Å². The first kappa shape index (κ1) is 25.6. The highest BCUT2D eigenvalue weighted by Crippen LogP contribution is 2.21. The van der Waals surface area contributed by atoms with Gasteiger partial charge in [0.15, 0.2) is 0 Å². The van der Waals surface area contributed by atoms with Gasteiger partial charge in [0.05, 0.1) is 24.6 Å². The maximum absolute atomic E-state index is 13.5. The van der Waals surface area contributed by atoms with Crippen LogP contribution in [0.4, 0.5) is 5.69 Å². The van der Waals surface area contributed by atoms with Gasteiger partial charge in [0.1, 0.15) is 12.0 Å². The van der Waals surface area contributed by atoms with E-state index in [4.69, 9.17) is 4.74 Å². The lowest BCUT2D eigenvalue weighted by molar-refractivity contribution is -0.116. The van der Waals surface area contributed by atoms with Crippen LogP contribution in [0.15, 0.2) is 76.3 Å². The molecule has 0 spiro atoms. The van der Waals surface area contributed by atoms with E-state index in [2.05, 4.69) is 5.32 Å². The molecule has 0 aliphatic rings. The largest absolute Gasteiger partial charge is 0.496 e. The topological polar surface area (TPSA) is 99.4 Å². The summed E-state index contributed by atoms with van der Waals surface area (Å²) < 4.78 is 8.18. The minimum atomic E-state index is -0.452. The van der Waals surface area contributed by atoms with E-state index in [9.17, 15) is 19.2 Å². The molecular weight excluding hydrogens is 470 g/mol. The van der Waals surface area contributed by atoms with E-state index >= 15 is 0 Å². The van der Waals surface area contributed by atoms with Crippen molar-refractivity contribution < 1.29 is 14.3 Å². The number of fused-ring (bicyclic) bond motifs is 1. The van der Waals surface area contributed by atoms with Crippen molar-refractivity contribution in [2.24, 2.45) is 0 Å². The Morgan fingerprint density at radius 2 is 1.73 bits per heavy atom. The number of benzene rings is 3. The number of carbonyl (C=O) groups excluding carboxylic acids is 2. The van der Waals surface area contributed by atoms with E-state index < -0.39 is 5.69 Å². The molecule has 0 saturated carbocycles. The van der Waals surface area contributed by atoms with Crippen LogP contribution in [0.1, 0.15) is 40.7 Å². The van der Waals surface area contributed by atoms with Crippen molar-refractivity contribution in [3.63, 3.8) is 0 Å². The minimum absolute atomic E-state index is 0.116. The molecule has 190 valence electrons. The maximum atomic E-state index is 13.5. The lowest BCUT2D eigenvalue weighted by Crippen LogP contribution is -2.40. The van der Waals surface area contributed by atoms with Gasteiger partial charge in [-0.1, -0.05) is 29.8 Å². The molecule has 0 fully saturated rings. The van der Waals surface area contributed by atoms with Gasteiger partial charge < -0.3 is 10.1 Å². The highest BCUT2D eigenvalue weighted by Gasteiger charge is 2.15. The molecule has 0 radical (unpaired) electrons. The average molecular weight is 500 g/mol. The predicted octanol–water partition coefficient (Wildman–Crippen LogP) is 4.15. The first-order chi connectivity index (χ1) is 17.9. The molecule has 4 rings (SSSR count). The van der Waals surface area contributed by atoms with Gasteiger partial charge in [0, 0.05) is 29.8 Å². The van der Waals surface area contributed by atoms with E-state index in [0.717, 1.165) is 17.5 Å². The second-order valence-corrected chi connectivity index (χ2v) is 8.90. The fourth-order valence-corrected chi connectivity index (χ4v) is 4.30. The van der Waals surface area contributed by atoms with Crippen LogP contribution in [0.25, 0.3) is 10.9 Å². The first-order valence-electron chi connectivity index (χ1n) is 12.1. The van der Waals surface area contributed by atoms with Crippen LogP contribution in [0.5, 0.6) is 5.75 Å². The van der Waals surface area contributed by atoms with Crippen LogP contribution in [0.2, 0.25) is 0 Å². The zero-order valence-corrected chi connectivity index (χ0v) is 20.9. The van der Waals surface area contributed by atoms with Gasteiger partial charge in [-0.05, 0) is 62.2 Å². The van der Waals surface area contributed by atoms with Crippen LogP contribution in [0.3, 0.4) is 0 Å². The molecule has 1 heterocycles. The molecule has 1 aromatic heterocycles. The summed E-state index contributed by atoms with van der Waals surface area (Å²) in [7, 11) is 1.52. The summed E-state index contributed by atoms with van der Waals surface area (Å²) in [6.07, 6.45) is 2.02. The van der Waals surface area contributed by atoms with E-state index in [0.29, 0.717) is 40.6 Å². The lowest BCUT2D eigenvalue weighted by Gasteiger charge is -2.16. The summed E-state index contributed by atoms with van der Waals surface area (Å²) in [4.78, 5) is 50.3. The highest BCUT2D eigenvalue weighted by atomic mass is 16.5. The predicted molar refractivity (Wildman–Crippen MR) is 144 cm³/mol. The molecule has 37 heavy (non-hydrogen) atoms. The Hall–Kier alpha value is -4.46. The molecule has 3 aromatic carbocycles. The number of aromatic nitrogens is 2. The molecule has 1 amide bonds. The van der Waals surface area contributed by atoms with Crippen molar-refractivity contribution in [2.45, 2.75) is 39.3 Å². The zero-order chi connectivity index (χ0) is 26.4. The van der Waals surface area contributed by atoms with Gasteiger partial charge in [-0.15, -0.1) is 0 Å². The SMILES string of the molecule is COc1ccc(C=O)cc1Cn1c(=O)n(CCCCC(=O)Nc2ccc(C)cc2)c(=O)c2ccccc21. The molecule has 4 aromatic rings. The normalized spacial score (nSPS) is 10.9. The van der Waals surface area contributed by atoms with Crippen LogP contribution in [-0.2, 0) is 17.9 Å². The third kappa shape index (κ3) is 5.86. The number of ether oxygens (including phenoxy) is 1. The highest BCUT2D eigenvalue weighted by molar-refractivity contribution is 5.90. The molecule has 8 nitrogen and oxygen atoms in total. The Labute approximate surface area is 214 Å². The minimum Gasteiger partial charge on any atom is -0.496 e. The van der Waals surface area contributed by atoms with Crippen LogP contribution >= 0.6 is 0 Å². The van der Waals surface area contributed by atoms with Crippen molar-refractivity contribution in [1.82, 2.24) is 9.13 Å². The summed E-state index contributed by atoms with van der Waals surface area (Å²) in [6, 6.07) is 19.5. The Morgan fingerprint density at radius 1 is 0.973 bits per heavy atom. The number of amides is 1. The van der Waals surface area contributed by atoms with Crippen molar-refractivity contribution in [2.75, 3.05) is 12.4 Å². The quantitative estimate of drug-likeness (QED) is 0.261. The number of hydrogen-bond acceptors (Lipinski definition) is 5. The Morgan fingerprint density at radius 3 is 2.46 bits per heavy atom. The van der Waals surface area contributed by atoms with Gasteiger partial charge in [-0.25, -0.2) is 4.79 Å². The number of anilines is 1. The van der Waals surface area contributed by atoms with Crippen LogP contribution < -0.4 is 21.3 Å². The number of nitrogens with one attached hydrogen (secondary N) is 1.